The van der Waals surface area contributed by atoms with Gasteiger partial charge in [-0.3, -0.25) is 0 Å². The molecule has 0 amide bonds. The molecule has 2 aromatic carbocycles. The summed E-state index contributed by atoms with van der Waals surface area (Å²) in [5.41, 5.74) is 8.31. The van der Waals surface area contributed by atoms with Gasteiger partial charge in [0.05, 0.1) is 0 Å². The lowest BCUT2D eigenvalue weighted by Crippen LogP contribution is -2.02. The van der Waals surface area contributed by atoms with E-state index < -0.39 is 0 Å². The average Bonchev–Trinajstić information content (AvgIpc) is 2.36. The molecule has 0 saturated carbocycles. The molecule has 0 bridgehead atoms. The summed E-state index contributed by atoms with van der Waals surface area (Å²) in [6, 6.07) is 13.3. The van der Waals surface area contributed by atoms with E-state index in [0.29, 0.717) is 0 Å². The number of fused-ring (bicyclic) bond motifs is 2. The van der Waals surface area contributed by atoms with Gasteiger partial charge in [-0.2, -0.15) is 0 Å². The molecule has 0 atom stereocenters. The summed E-state index contributed by atoms with van der Waals surface area (Å²) >= 11 is 1.90. The van der Waals surface area contributed by atoms with Crippen LogP contribution < -0.4 is 0 Å². The quantitative estimate of drug-likeness (QED) is 0.509. The largest absolute Gasteiger partial charge is 0.0885 e. The highest BCUT2D eigenvalue weighted by Gasteiger charge is 2.22. The molecule has 0 saturated heterocycles. The van der Waals surface area contributed by atoms with Crippen molar-refractivity contribution in [2.75, 3.05) is 0 Å². The molecule has 1 aliphatic heterocycles. The predicted octanol–water partition coefficient (Wildman–Crippen LogP) is 5.61. The van der Waals surface area contributed by atoms with Crippen molar-refractivity contribution in [1.29, 1.82) is 0 Å². The Morgan fingerprint density at radius 3 is 2.42 bits per heavy atom. The monoisotopic (exact) mass is 266 g/mol. The van der Waals surface area contributed by atoms with Crippen LogP contribution in [-0.4, -0.2) is 0 Å². The van der Waals surface area contributed by atoms with Crippen LogP contribution >= 0.6 is 11.8 Å². The third-order valence-corrected chi connectivity index (χ3v) is 4.88. The van der Waals surface area contributed by atoms with Gasteiger partial charge in [-0.1, -0.05) is 53.2 Å². The maximum absolute atomic E-state index is 2.33. The van der Waals surface area contributed by atoms with E-state index in [4.69, 9.17) is 0 Å². The summed E-state index contributed by atoms with van der Waals surface area (Å²) in [6.07, 6.45) is 0. The second-order valence-electron chi connectivity index (χ2n) is 5.43. The van der Waals surface area contributed by atoms with Gasteiger partial charge in [0.2, 0.25) is 0 Å². The number of aryl methyl sites for hydroxylation is 2. The first-order chi connectivity index (χ1) is 9.08. The summed E-state index contributed by atoms with van der Waals surface area (Å²) in [5.74, 6) is 0. The summed E-state index contributed by atoms with van der Waals surface area (Å²) in [6.45, 7) is 8.82. The minimum absolute atomic E-state index is 1.34. The normalized spacial score (nSPS) is 12.9. The highest BCUT2D eigenvalue weighted by Crippen LogP contribution is 2.47. The smallest absolute Gasteiger partial charge is 0.0230 e. The summed E-state index contributed by atoms with van der Waals surface area (Å²) in [5, 5.41) is 0. The zero-order valence-electron chi connectivity index (χ0n) is 11.9. The van der Waals surface area contributed by atoms with Crippen LogP contribution in [0.15, 0.2) is 51.8 Å². The number of rotatable bonds is 0. The van der Waals surface area contributed by atoms with Crippen LogP contribution in [0.5, 0.6) is 0 Å². The van der Waals surface area contributed by atoms with Gasteiger partial charge in [0.15, 0.2) is 0 Å². The first-order valence-corrected chi connectivity index (χ1v) is 7.46. The van der Waals surface area contributed by atoms with Crippen LogP contribution in [0.4, 0.5) is 0 Å². The maximum Gasteiger partial charge on any atom is 0.0230 e. The van der Waals surface area contributed by atoms with E-state index in [1.165, 1.54) is 43.2 Å². The predicted molar refractivity (Wildman–Crippen MR) is 83.9 cm³/mol. The van der Waals surface area contributed by atoms with E-state index in [9.17, 15) is 0 Å². The Morgan fingerprint density at radius 2 is 1.68 bits per heavy atom. The molecule has 1 aliphatic rings. The molecule has 0 N–H and O–H groups in total. The first kappa shape index (κ1) is 12.6. The molecule has 19 heavy (non-hydrogen) atoms. The number of allylic oxidation sites excluding steroid dienone is 1. The van der Waals surface area contributed by atoms with Gasteiger partial charge in [0.1, 0.15) is 0 Å². The zero-order valence-corrected chi connectivity index (χ0v) is 12.7. The molecule has 1 heteroatoms. The molecule has 0 nitrogen and oxygen atoms in total. The fraction of sp³-hybridized carbons (Fsp3) is 0.222. The Kier molecular flexibility index (Phi) is 3.02. The fourth-order valence-corrected chi connectivity index (χ4v) is 3.97. The second kappa shape index (κ2) is 4.57. The minimum atomic E-state index is 1.34. The lowest BCUT2D eigenvalue weighted by atomic mass is 9.91. The molecule has 1 heterocycles. The van der Waals surface area contributed by atoms with E-state index >= 15 is 0 Å². The highest BCUT2D eigenvalue weighted by atomic mass is 32.2. The third kappa shape index (κ3) is 2.02. The lowest BCUT2D eigenvalue weighted by molar-refractivity contribution is 1.19. The van der Waals surface area contributed by atoms with Gasteiger partial charge in [-0.15, -0.1) is 0 Å². The topological polar surface area (TPSA) is 0 Å². The van der Waals surface area contributed by atoms with E-state index in [2.05, 4.69) is 64.1 Å². The Bertz CT molecular complexity index is 689. The molecular weight excluding hydrogens is 248 g/mol. The summed E-state index contributed by atoms with van der Waals surface area (Å²) in [7, 11) is 0. The van der Waals surface area contributed by atoms with Gasteiger partial charge >= 0.3 is 0 Å². The van der Waals surface area contributed by atoms with Gasteiger partial charge in [-0.25, -0.2) is 0 Å². The Balaban J connectivity index is 2.36. The van der Waals surface area contributed by atoms with Gasteiger partial charge < -0.3 is 0 Å². The van der Waals surface area contributed by atoms with Crippen LogP contribution in [-0.2, 0) is 0 Å². The Labute approximate surface area is 119 Å². The van der Waals surface area contributed by atoms with Crippen LogP contribution in [0.1, 0.15) is 36.1 Å². The molecule has 0 aromatic heterocycles. The van der Waals surface area contributed by atoms with E-state index in [1.807, 2.05) is 11.8 Å². The average molecular weight is 266 g/mol. The van der Waals surface area contributed by atoms with E-state index in [1.54, 1.807) is 0 Å². The van der Waals surface area contributed by atoms with Crippen molar-refractivity contribution >= 4 is 17.3 Å². The molecule has 0 fully saturated rings. The number of hydrogen-bond acceptors (Lipinski definition) is 1. The van der Waals surface area contributed by atoms with Crippen molar-refractivity contribution in [1.82, 2.24) is 0 Å². The molecular formula is C18H18S. The summed E-state index contributed by atoms with van der Waals surface area (Å²) < 4.78 is 0. The number of hydrogen-bond donors (Lipinski definition) is 0. The van der Waals surface area contributed by atoms with Gasteiger partial charge in [0.25, 0.3) is 0 Å². The van der Waals surface area contributed by atoms with Crippen molar-refractivity contribution in [3.05, 3.63) is 64.2 Å². The molecule has 96 valence electrons. The standard InChI is InChI=1S/C18H18S/c1-11(2)17-14-7-5-6-8-16(14)19-18-13(4)9-12(3)10-15(17)18/h5-10H,1-4H3. The van der Waals surface area contributed by atoms with Crippen molar-refractivity contribution in [2.45, 2.75) is 37.5 Å². The second-order valence-corrected chi connectivity index (χ2v) is 6.48. The van der Waals surface area contributed by atoms with Crippen LogP contribution in [0.2, 0.25) is 0 Å². The van der Waals surface area contributed by atoms with Crippen LogP contribution in [0, 0.1) is 13.8 Å². The maximum atomic E-state index is 2.33. The third-order valence-electron chi connectivity index (χ3n) is 3.56. The van der Waals surface area contributed by atoms with Crippen molar-refractivity contribution in [3.8, 4) is 0 Å². The molecule has 2 aromatic rings. The van der Waals surface area contributed by atoms with E-state index in [-0.39, 0.29) is 0 Å². The SMILES string of the molecule is CC(C)=C1c2ccccc2Sc2c(C)cc(C)cc21. The van der Waals surface area contributed by atoms with Crippen molar-refractivity contribution in [3.63, 3.8) is 0 Å². The van der Waals surface area contributed by atoms with E-state index in [0.717, 1.165) is 0 Å². The molecule has 0 aliphatic carbocycles. The van der Waals surface area contributed by atoms with Crippen molar-refractivity contribution < 1.29 is 0 Å². The van der Waals surface area contributed by atoms with Crippen LogP contribution in [0.25, 0.3) is 5.57 Å². The highest BCUT2D eigenvalue weighted by molar-refractivity contribution is 7.99. The van der Waals surface area contributed by atoms with Crippen LogP contribution in [0.3, 0.4) is 0 Å². The molecule has 0 radical (unpaired) electrons. The molecule has 0 spiro atoms. The van der Waals surface area contributed by atoms with Crippen molar-refractivity contribution in [2.24, 2.45) is 0 Å². The minimum Gasteiger partial charge on any atom is -0.0885 e. The molecule has 3 rings (SSSR count). The molecule has 0 unspecified atom stereocenters. The van der Waals surface area contributed by atoms with Gasteiger partial charge in [-0.05, 0) is 56.0 Å². The summed E-state index contributed by atoms with van der Waals surface area (Å²) in [4.78, 5) is 2.79. The lowest BCUT2D eigenvalue weighted by Gasteiger charge is -2.25. The van der Waals surface area contributed by atoms with Gasteiger partial charge in [0, 0.05) is 9.79 Å². The number of benzene rings is 2. The Hall–Kier alpha value is -1.47. The Morgan fingerprint density at radius 1 is 0.947 bits per heavy atom. The first-order valence-electron chi connectivity index (χ1n) is 6.64. The fourth-order valence-electron chi connectivity index (χ4n) is 2.83. The zero-order chi connectivity index (χ0) is 13.6.